The summed E-state index contributed by atoms with van der Waals surface area (Å²) in [5.74, 6) is 0.577. The summed E-state index contributed by atoms with van der Waals surface area (Å²) in [6.45, 7) is 4.19. The fourth-order valence-corrected chi connectivity index (χ4v) is 2.38. The largest absolute Gasteiger partial charge is 0.494 e. The Kier molecular flexibility index (Phi) is 4.29. The molecule has 1 N–H and O–H groups in total. The minimum atomic E-state index is -0.599. The summed E-state index contributed by atoms with van der Waals surface area (Å²) in [6, 6.07) is 11.5. The molecule has 3 aromatic rings. The van der Waals surface area contributed by atoms with Crippen molar-refractivity contribution in [1.29, 1.82) is 0 Å². The third-order valence-corrected chi connectivity index (χ3v) is 3.40. The van der Waals surface area contributed by atoms with Gasteiger partial charge in [-0.2, -0.15) is 0 Å². The van der Waals surface area contributed by atoms with E-state index >= 15 is 0 Å². The maximum absolute atomic E-state index is 12.5. The second kappa shape index (κ2) is 6.54. The molecule has 0 fully saturated rings. The highest BCUT2D eigenvalue weighted by atomic mass is 16.5. The molecule has 0 saturated carbocycles. The number of nitrogens with zero attached hydrogens (tertiary/aromatic N) is 1. The first kappa shape index (κ1) is 15.7. The molecular weight excluding hydrogens is 308 g/mol. The quantitative estimate of drug-likeness (QED) is 0.746. The first-order valence-corrected chi connectivity index (χ1v) is 7.52. The number of aryl methyl sites for hydroxylation is 1. The highest BCUT2D eigenvalue weighted by Crippen LogP contribution is 2.23. The molecule has 2 aromatic heterocycles. The zero-order chi connectivity index (χ0) is 17.1. The maximum Gasteiger partial charge on any atom is 0.337 e. The van der Waals surface area contributed by atoms with Gasteiger partial charge in [-0.25, -0.2) is 9.78 Å². The molecule has 122 valence electrons. The number of nitrogens with one attached hydrogen (secondary N) is 1. The summed E-state index contributed by atoms with van der Waals surface area (Å²) >= 11 is 0. The number of anilines is 1. The molecule has 1 aromatic carbocycles. The molecule has 0 radical (unpaired) electrons. The van der Waals surface area contributed by atoms with E-state index in [1.165, 1.54) is 6.07 Å². The van der Waals surface area contributed by atoms with Crippen molar-refractivity contribution in [3.63, 3.8) is 0 Å². The van der Waals surface area contributed by atoms with Gasteiger partial charge in [0.1, 0.15) is 17.2 Å². The van der Waals surface area contributed by atoms with Gasteiger partial charge >= 0.3 is 5.63 Å². The molecule has 0 aliphatic carbocycles. The molecule has 2 heterocycles. The molecule has 0 spiro atoms. The normalized spacial score (nSPS) is 10.6. The van der Waals surface area contributed by atoms with Gasteiger partial charge in [-0.1, -0.05) is 6.07 Å². The van der Waals surface area contributed by atoms with Crippen LogP contribution in [-0.4, -0.2) is 17.5 Å². The third kappa shape index (κ3) is 3.27. The summed E-state index contributed by atoms with van der Waals surface area (Å²) in [7, 11) is 0. The van der Waals surface area contributed by atoms with Crippen LogP contribution in [0.2, 0.25) is 0 Å². The molecule has 0 saturated heterocycles. The minimum Gasteiger partial charge on any atom is -0.494 e. The highest BCUT2D eigenvalue weighted by molar-refractivity contribution is 6.11. The first-order valence-electron chi connectivity index (χ1n) is 7.52. The second-order valence-electron chi connectivity index (χ2n) is 5.19. The van der Waals surface area contributed by atoms with Crippen molar-refractivity contribution in [3.8, 4) is 5.75 Å². The Labute approximate surface area is 138 Å². The van der Waals surface area contributed by atoms with Gasteiger partial charge in [0.25, 0.3) is 5.91 Å². The van der Waals surface area contributed by atoms with Crippen LogP contribution < -0.4 is 15.7 Å². The van der Waals surface area contributed by atoms with Gasteiger partial charge in [0.05, 0.1) is 12.2 Å². The number of carbonyl (C=O) groups is 1. The van der Waals surface area contributed by atoms with E-state index < -0.39 is 11.5 Å². The molecule has 0 atom stereocenters. The number of fused-ring (bicyclic) bond motifs is 1. The minimum absolute atomic E-state index is 0.229. The Morgan fingerprint density at radius 1 is 1.25 bits per heavy atom. The summed E-state index contributed by atoms with van der Waals surface area (Å²) in [5.41, 5.74) is 0.716. The van der Waals surface area contributed by atoms with Gasteiger partial charge in [-0.05, 0) is 38.1 Å². The average molecular weight is 324 g/mol. The van der Waals surface area contributed by atoms with Crippen molar-refractivity contribution >= 4 is 22.7 Å². The molecule has 1 amide bonds. The lowest BCUT2D eigenvalue weighted by molar-refractivity contribution is 0.102. The summed E-state index contributed by atoms with van der Waals surface area (Å²) in [5, 5.41) is 3.23. The fourth-order valence-electron chi connectivity index (χ4n) is 2.38. The van der Waals surface area contributed by atoms with Gasteiger partial charge < -0.3 is 14.5 Å². The van der Waals surface area contributed by atoms with Gasteiger partial charge in [0.2, 0.25) is 0 Å². The molecule has 6 nitrogen and oxygen atoms in total. The van der Waals surface area contributed by atoms with Gasteiger partial charge in [0, 0.05) is 23.2 Å². The average Bonchev–Trinajstić information content (AvgIpc) is 2.54. The Balaban J connectivity index is 2.01. The summed E-state index contributed by atoms with van der Waals surface area (Å²) in [6.07, 6.45) is 0. The molecule has 0 aliphatic rings. The number of aromatic nitrogens is 1. The molecule has 3 rings (SSSR count). The summed E-state index contributed by atoms with van der Waals surface area (Å²) < 4.78 is 10.6. The third-order valence-electron chi connectivity index (χ3n) is 3.40. The lowest BCUT2D eigenvalue weighted by atomic mass is 10.1. The maximum atomic E-state index is 12.5. The van der Waals surface area contributed by atoms with Crippen LogP contribution in [0, 0.1) is 6.92 Å². The fraction of sp³-hybridized carbons (Fsp3) is 0.167. The molecule has 0 aliphatic heterocycles. The SMILES string of the molecule is CCOc1ccc2c(C(=O)Nc3cccc(C)n3)cc(=O)oc2c1. The van der Waals surface area contributed by atoms with Crippen molar-refractivity contribution in [2.75, 3.05) is 11.9 Å². The predicted molar refractivity (Wildman–Crippen MR) is 90.6 cm³/mol. The lowest BCUT2D eigenvalue weighted by Crippen LogP contribution is -2.16. The van der Waals surface area contributed by atoms with Crippen molar-refractivity contribution in [2.45, 2.75) is 13.8 Å². The predicted octanol–water partition coefficient (Wildman–Crippen LogP) is 3.15. The Bertz CT molecular complexity index is 963. The van der Waals surface area contributed by atoms with E-state index in [9.17, 15) is 9.59 Å². The number of pyridine rings is 1. The zero-order valence-electron chi connectivity index (χ0n) is 13.3. The van der Waals surface area contributed by atoms with E-state index in [0.29, 0.717) is 29.1 Å². The second-order valence-corrected chi connectivity index (χ2v) is 5.19. The van der Waals surface area contributed by atoms with E-state index in [0.717, 1.165) is 5.69 Å². The van der Waals surface area contributed by atoms with Crippen LogP contribution >= 0.6 is 0 Å². The van der Waals surface area contributed by atoms with Crippen molar-refractivity contribution in [2.24, 2.45) is 0 Å². The van der Waals surface area contributed by atoms with E-state index in [1.54, 1.807) is 30.3 Å². The number of hydrogen-bond donors (Lipinski definition) is 1. The van der Waals surface area contributed by atoms with E-state index in [1.807, 2.05) is 19.9 Å². The van der Waals surface area contributed by atoms with Crippen LogP contribution in [-0.2, 0) is 0 Å². The zero-order valence-corrected chi connectivity index (χ0v) is 13.3. The smallest absolute Gasteiger partial charge is 0.337 e. The van der Waals surface area contributed by atoms with Gasteiger partial charge in [0.15, 0.2) is 0 Å². The van der Waals surface area contributed by atoms with Crippen molar-refractivity contribution in [3.05, 3.63) is 64.1 Å². The number of carbonyl (C=O) groups excluding carboxylic acids is 1. The number of rotatable bonds is 4. The molecule has 0 unspecified atom stereocenters. The van der Waals surface area contributed by atoms with Gasteiger partial charge in [-0.3, -0.25) is 4.79 Å². The Hall–Kier alpha value is -3.15. The van der Waals surface area contributed by atoms with Crippen LogP contribution in [0.25, 0.3) is 11.0 Å². The molecular formula is C18H16N2O4. The Morgan fingerprint density at radius 2 is 2.08 bits per heavy atom. The molecule has 24 heavy (non-hydrogen) atoms. The molecule has 6 heteroatoms. The van der Waals surface area contributed by atoms with E-state index in [4.69, 9.17) is 9.15 Å². The van der Waals surface area contributed by atoms with E-state index in [-0.39, 0.29) is 5.56 Å². The van der Waals surface area contributed by atoms with Crippen LogP contribution in [0.5, 0.6) is 5.75 Å². The molecule has 0 bridgehead atoms. The summed E-state index contributed by atoms with van der Waals surface area (Å²) in [4.78, 5) is 28.5. The highest BCUT2D eigenvalue weighted by Gasteiger charge is 2.14. The van der Waals surface area contributed by atoms with Crippen LogP contribution in [0.1, 0.15) is 23.0 Å². The van der Waals surface area contributed by atoms with Crippen LogP contribution in [0.15, 0.2) is 51.7 Å². The van der Waals surface area contributed by atoms with Crippen molar-refractivity contribution in [1.82, 2.24) is 4.98 Å². The number of benzene rings is 1. The monoisotopic (exact) mass is 324 g/mol. The Morgan fingerprint density at radius 3 is 2.83 bits per heavy atom. The topological polar surface area (TPSA) is 81.4 Å². The van der Waals surface area contributed by atoms with E-state index in [2.05, 4.69) is 10.3 Å². The number of hydrogen-bond acceptors (Lipinski definition) is 5. The lowest BCUT2D eigenvalue weighted by Gasteiger charge is -2.08. The first-order chi connectivity index (χ1) is 11.6. The van der Waals surface area contributed by atoms with Crippen LogP contribution in [0.4, 0.5) is 5.82 Å². The van der Waals surface area contributed by atoms with Crippen LogP contribution in [0.3, 0.4) is 0 Å². The standard InChI is InChI=1S/C18H16N2O4/c1-3-23-12-7-8-13-14(10-17(21)24-15(13)9-12)18(22)20-16-6-4-5-11(2)19-16/h4-10H,3H2,1-2H3,(H,19,20,22). The van der Waals surface area contributed by atoms with Gasteiger partial charge in [-0.15, -0.1) is 0 Å². The number of ether oxygens (including phenoxy) is 1. The van der Waals surface area contributed by atoms with Crippen molar-refractivity contribution < 1.29 is 13.9 Å². The number of amides is 1.